The molecule has 0 aliphatic heterocycles. The molecule has 0 unspecified atom stereocenters. The molecule has 1 fully saturated rings. The fourth-order valence-electron chi connectivity index (χ4n) is 4.73. The fraction of sp³-hybridized carbons (Fsp3) is 0.407. The van der Waals surface area contributed by atoms with Crippen LogP contribution in [0.2, 0.25) is 0 Å². The number of anilines is 2. The number of aromatic nitrogens is 1. The summed E-state index contributed by atoms with van der Waals surface area (Å²) in [7, 11) is 0. The lowest BCUT2D eigenvalue weighted by molar-refractivity contribution is -0.124. The van der Waals surface area contributed by atoms with E-state index in [1.807, 2.05) is 32.9 Å². The monoisotopic (exact) mass is 543 g/mol. The number of hydrogen-bond donors (Lipinski definition) is 2. The van der Waals surface area contributed by atoms with E-state index in [0.29, 0.717) is 48.3 Å². The first-order valence-corrected chi connectivity index (χ1v) is 13.9. The van der Waals surface area contributed by atoms with Crippen LogP contribution >= 0.6 is 22.7 Å². The molecule has 2 N–H and O–H groups in total. The maximum Gasteiger partial charge on any atom is 0.348 e. The molecule has 196 valence electrons. The zero-order valence-electron chi connectivity index (χ0n) is 21.2. The third-order valence-corrected chi connectivity index (χ3v) is 8.66. The van der Waals surface area contributed by atoms with E-state index >= 15 is 0 Å². The van der Waals surface area contributed by atoms with Gasteiger partial charge in [0.15, 0.2) is 0 Å². The number of amides is 2. The van der Waals surface area contributed by atoms with Gasteiger partial charge >= 0.3 is 5.97 Å². The Morgan fingerprint density at radius 2 is 1.84 bits per heavy atom. The summed E-state index contributed by atoms with van der Waals surface area (Å²) >= 11 is 2.46. The van der Waals surface area contributed by atoms with Gasteiger partial charge in [0, 0.05) is 27.9 Å². The summed E-state index contributed by atoms with van der Waals surface area (Å²) in [4.78, 5) is 44.6. The van der Waals surface area contributed by atoms with Gasteiger partial charge in [0.05, 0.1) is 11.2 Å². The molecular weight excluding hydrogens is 513 g/mol. The number of carbonyl (C=O) groups is 3. The van der Waals surface area contributed by atoms with Crippen LogP contribution < -0.4 is 10.2 Å². The second-order valence-electron chi connectivity index (χ2n) is 9.93. The largest absolute Gasteiger partial charge is 0.477 e. The van der Waals surface area contributed by atoms with Crippen molar-refractivity contribution in [2.24, 2.45) is 5.92 Å². The van der Waals surface area contributed by atoms with E-state index in [1.54, 1.807) is 34.8 Å². The van der Waals surface area contributed by atoms with Gasteiger partial charge in [-0.05, 0) is 76.6 Å². The number of hydrogen-bond acceptors (Lipinski definition) is 6. The minimum atomic E-state index is -1.26. The number of carboxylic acids is 1. The SMILES string of the molecule is Cc1c(-c2ccc(NC(=O)c3cscn3)cc2)sc(C(=O)O)c1N(C(=O)C1CCC(C)(F)CC1)C(C)C. The van der Waals surface area contributed by atoms with Crippen LogP contribution in [0, 0.1) is 12.8 Å². The molecule has 1 aliphatic rings. The van der Waals surface area contributed by atoms with Crippen LogP contribution in [0.25, 0.3) is 10.4 Å². The van der Waals surface area contributed by atoms with Crippen LogP contribution in [0.5, 0.6) is 0 Å². The second-order valence-corrected chi connectivity index (χ2v) is 11.7. The molecule has 0 spiro atoms. The third kappa shape index (κ3) is 5.75. The van der Waals surface area contributed by atoms with E-state index in [0.717, 1.165) is 21.8 Å². The van der Waals surface area contributed by atoms with Crippen LogP contribution in [0.15, 0.2) is 35.2 Å². The summed E-state index contributed by atoms with van der Waals surface area (Å²) in [5, 5.41) is 14.5. The highest BCUT2D eigenvalue weighted by atomic mass is 32.1. The molecule has 1 aromatic carbocycles. The number of halogens is 1. The molecule has 10 heteroatoms. The van der Waals surface area contributed by atoms with Gasteiger partial charge in [-0.15, -0.1) is 22.7 Å². The Bertz CT molecular complexity index is 1290. The number of nitrogens with zero attached hydrogens (tertiary/aromatic N) is 2. The smallest absolute Gasteiger partial charge is 0.348 e. The minimum absolute atomic E-state index is 0.0987. The number of nitrogens with one attached hydrogen (secondary N) is 1. The van der Waals surface area contributed by atoms with Crippen molar-refractivity contribution in [2.45, 2.75) is 65.1 Å². The van der Waals surface area contributed by atoms with Crippen LogP contribution in [0.1, 0.15) is 72.2 Å². The lowest BCUT2D eigenvalue weighted by Gasteiger charge is -2.35. The van der Waals surface area contributed by atoms with Gasteiger partial charge in [0.25, 0.3) is 5.91 Å². The normalized spacial score (nSPS) is 19.6. The van der Waals surface area contributed by atoms with Crippen molar-refractivity contribution >= 4 is 51.8 Å². The highest BCUT2D eigenvalue weighted by Gasteiger charge is 2.38. The van der Waals surface area contributed by atoms with Crippen LogP contribution in [-0.4, -0.2) is 39.6 Å². The van der Waals surface area contributed by atoms with Crippen molar-refractivity contribution in [3.8, 4) is 10.4 Å². The summed E-state index contributed by atoms with van der Waals surface area (Å²) in [5.41, 5.74) is 3.15. The van der Waals surface area contributed by atoms with E-state index in [4.69, 9.17) is 0 Å². The van der Waals surface area contributed by atoms with Crippen LogP contribution in [0.3, 0.4) is 0 Å². The molecular formula is C27H30FN3O4S2. The molecule has 0 atom stereocenters. The fourth-order valence-corrected chi connectivity index (χ4v) is 6.40. The van der Waals surface area contributed by atoms with Crippen molar-refractivity contribution < 1.29 is 23.9 Å². The number of carbonyl (C=O) groups excluding carboxylic acids is 2. The van der Waals surface area contributed by atoms with E-state index < -0.39 is 11.6 Å². The maximum absolute atomic E-state index is 14.4. The van der Waals surface area contributed by atoms with E-state index in [9.17, 15) is 23.9 Å². The summed E-state index contributed by atoms with van der Waals surface area (Å²) in [6.45, 7) is 7.12. The second kappa shape index (κ2) is 10.7. The first-order chi connectivity index (χ1) is 17.5. The van der Waals surface area contributed by atoms with Gasteiger partial charge in [-0.2, -0.15) is 0 Å². The predicted octanol–water partition coefficient (Wildman–Crippen LogP) is 6.79. The van der Waals surface area contributed by atoms with E-state index in [-0.39, 0.29) is 28.7 Å². The first kappa shape index (κ1) is 26.9. The lowest BCUT2D eigenvalue weighted by Crippen LogP contribution is -2.44. The highest BCUT2D eigenvalue weighted by molar-refractivity contribution is 7.18. The summed E-state index contributed by atoms with van der Waals surface area (Å²) in [5.74, 6) is -1.89. The molecule has 2 heterocycles. The van der Waals surface area contributed by atoms with Gasteiger partial charge in [-0.25, -0.2) is 14.2 Å². The Kier molecular flexibility index (Phi) is 7.80. The molecule has 7 nitrogen and oxygen atoms in total. The van der Waals surface area contributed by atoms with E-state index in [2.05, 4.69) is 10.3 Å². The molecule has 1 saturated carbocycles. The predicted molar refractivity (Wildman–Crippen MR) is 146 cm³/mol. The number of rotatable bonds is 7. The molecule has 0 saturated heterocycles. The minimum Gasteiger partial charge on any atom is -0.477 e. The number of benzene rings is 1. The average molecular weight is 544 g/mol. The van der Waals surface area contributed by atoms with Gasteiger partial charge in [-0.1, -0.05) is 12.1 Å². The third-order valence-electron chi connectivity index (χ3n) is 6.75. The molecule has 3 aromatic rings. The van der Waals surface area contributed by atoms with Crippen molar-refractivity contribution in [1.29, 1.82) is 0 Å². The topological polar surface area (TPSA) is 99.6 Å². The Morgan fingerprint density at radius 3 is 2.38 bits per heavy atom. The Labute approximate surface area is 223 Å². The standard InChI is InChI=1S/C27H30FN3O4S2/c1-15(2)31(25(33)18-9-11-27(4,28)12-10-18)21-16(3)22(37-23(21)26(34)35)17-5-7-19(8-6-17)30-24(32)20-13-36-14-29-20/h5-8,13-15,18H,9-12H2,1-4H3,(H,30,32)(H,34,35). The van der Waals surface area contributed by atoms with Crippen molar-refractivity contribution in [3.05, 3.63) is 51.3 Å². The zero-order valence-corrected chi connectivity index (χ0v) is 22.8. The summed E-state index contributed by atoms with van der Waals surface area (Å²) in [6, 6.07) is 6.86. The van der Waals surface area contributed by atoms with Crippen LogP contribution in [-0.2, 0) is 4.79 Å². The Hall–Kier alpha value is -3.11. The number of thiophene rings is 1. The maximum atomic E-state index is 14.4. The highest BCUT2D eigenvalue weighted by Crippen LogP contribution is 2.44. The molecule has 2 amide bonds. The molecule has 4 rings (SSSR count). The molecule has 2 aromatic heterocycles. The van der Waals surface area contributed by atoms with Gasteiger partial charge in [0.2, 0.25) is 5.91 Å². The quantitative estimate of drug-likeness (QED) is 0.342. The number of carboxylic acid groups (broad SMARTS) is 1. The molecule has 1 aliphatic carbocycles. The van der Waals surface area contributed by atoms with Crippen LogP contribution in [0.4, 0.5) is 15.8 Å². The Morgan fingerprint density at radius 1 is 1.19 bits per heavy atom. The lowest BCUT2D eigenvalue weighted by atomic mass is 9.80. The van der Waals surface area contributed by atoms with Gasteiger partial charge in [0.1, 0.15) is 16.2 Å². The van der Waals surface area contributed by atoms with Crippen molar-refractivity contribution in [3.63, 3.8) is 0 Å². The molecule has 0 radical (unpaired) electrons. The summed E-state index contributed by atoms with van der Waals surface area (Å²) in [6.07, 6.45) is 1.53. The Balaban J connectivity index is 1.64. The summed E-state index contributed by atoms with van der Waals surface area (Å²) < 4.78 is 14.4. The molecule has 37 heavy (non-hydrogen) atoms. The number of thiazole rings is 1. The number of aromatic carboxylic acids is 1. The van der Waals surface area contributed by atoms with Crippen molar-refractivity contribution in [1.82, 2.24) is 4.98 Å². The van der Waals surface area contributed by atoms with Gasteiger partial charge in [-0.3, -0.25) is 9.59 Å². The average Bonchev–Trinajstić information content (AvgIpc) is 3.49. The zero-order chi connectivity index (χ0) is 26.9. The van der Waals surface area contributed by atoms with Crippen molar-refractivity contribution in [2.75, 3.05) is 10.2 Å². The molecule has 0 bridgehead atoms. The first-order valence-electron chi connectivity index (χ1n) is 12.2. The van der Waals surface area contributed by atoms with E-state index in [1.165, 1.54) is 11.3 Å². The number of alkyl halides is 1. The van der Waals surface area contributed by atoms with Gasteiger partial charge < -0.3 is 15.3 Å².